The van der Waals surface area contributed by atoms with E-state index in [9.17, 15) is 57.1 Å². The highest BCUT2D eigenvalue weighted by Crippen LogP contribution is 2.65. The Bertz CT molecular complexity index is 553. The first-order valence-electron chi connectivity index (χ1n) is 7.27. The number of hydrogen-bond donors (Lipinski definition) is 0. The highest BCUT2D eigenvalue weighted by Gasteiger charge is 2.92. The summed E-state index contributed by atoms with van der Waals surface area (Å²) in [6, 6.07) is 0. The van der Waals surface area contributed by atoms with Crippen molar-refractivity contribution in [3.05, 3.63) is 0 Å². The minimum absolute atomic E-state index is 0.181. The van der Waals surface area contributed by atoms with Crippen molar-refractivity contribution in [1.29, 1.82) is 0 Å². The van der Waals surface area contributed by atoms with Gasteiger partial charge in [0.25, 0.3) is 0 Å². The average Bonchev–Trinajstić information content (AvgIpc) is 2.48. The van der Waals surface area contributed by atoms with Gasteiger partial charge in [-0.1, -0.05) is 42.4 Å². The van der Waals surface area contributed by atoms with Gasteiger partial charge in [0.05, 0.1) is 3.42 Å². The molecule has 0 saturated heterocycles. The molecule has 0 aliphatic heterocycles. The molecule has 0 radical (unpaired) electrons. The van der Waals surface area contributed by atoms with Gasteiger partial charge in [0, 0.05) is 0 Å². The van der Waals surface area contributed by atoms with Crippen LogP contribution in [0.1, 0.15) is 32.6 Å². The molecule has 1 rings (SSSR count). The third kappa shape index (κ3) is 3.19. The third-order valence-corrected chi connectivity index (χ3v) is 6.94. The lowest BCUT2D eigenvalue weighted by Crippen LogP contribution is -2.73. The van der Waals surface area contributed by atoms with Crippen LogP contribution in [0, 0.1) is 5.92 Å². The van der Waals surface area contributed by atoms with Crippen LogP contribution >= 0.6 is 22.6 Å². The lowest BCUT2D eigenvalue weighted by Gasteiger charge is -2.48. The largest absolute Gasteiger partial charge is 0.460 e. The van der Waals surface area contributed by atoms with Crippen molar-refractivity contribution in [3.63, 3.8) is 0 Å². The Labute approximate surface area is 158 Å². The highest BCUT2D eigenvalue weighted by molar-refractivity contribution is 14.1. The van der Waals surface area contributed by atoms with Crippen molar-refractivity contribution in [2.45, 2.75) is 71.8 Å². The van der Waals surface area contributed by atoms with Gasteiger partial charge in [0.2, 0.25) is 0 Å². The molecule has 0 spiro atoms. The average molecular weight is 542 g/mol. The molecule has 0 aromatic rings. The van der Waals surface area contributed by atoms with Crippen LogP contribution in [0.2, 0.25) is 0 Å². The van der Waals surface area contributed by atoms with Gasteiger partial charge in [0.15, 0.2) is 0 Å². The summed E-state index contributed by atoms with van der Waals surface area (Å²) in [6.45, 7) is 0.941. The van der Waals surface area contributed by atoms with E-state index in [1.807, 2.05) is 0 Å². The lowest BCUT2D eigenvalue weighted by molar-refractivity contribution is -0.442. The van der Waals surface area contributed by atoms with Gasteiger partial charge < -0.3 is 0 Å². The summed E-state index contributed by atoms with van der Waals surface area (Å²) in [5, 5.41) is 0. The van der Waals surface area contributed by atoms with Crippen LogP contribution in [0.4, 0.5) is 57.1 Å². The highest BCUT2D eigenvalue weighted by atomic mass is 127. The number of hydrogen-bond acceptors (Lipinski definition) is 0. The number of alkyl halides is 14. The maximum atomic E-state index is 14.3. The Morgan fingerprint density at radius 2 is 1.07 bits per heavy atom. The van der Waals surface area contributed by atoms with Crippen LogP contribution in [0.3, 0.4) is 0 Å². The van der Waals surface area contributed by atoms with E-state index in [1.54, 1.807) is 0 Å². The van der Waals surface area contributed by atoms with Gasteiger partial charge in [-0.15, -0.1) is 0 Å². The van der Waals surface area contributed by atoms with Crippen molar-refractivity contribution in [2.75, 3.05) is 0 Å². The molecule has 2 unspecified atom stereocenters. The van der Waals surface area contributed by atoms with Crippen LogP contribution < -0.4 is 0 Å². The Morgan fingerprint density at radius 3 is 1.44 bits per heavy atom. The van der Waals surface area contributed by atoms with E-state index in [0.29, 0.717) is 22.6 Å². The Kier molecular flexibility index (Phi) is 6.14. The first-order chi connectivity index (χ1) is 11.6. The van der Waals surface area contributed by atoms with Crippen LogP contribution in [0.15, 0.2) is 0 Å². The van der Waals surface area contributed by atoms with Crippen molar-refractivity contribution in [1.82, 2.24) is 0 Å². The zero-order chi connectivity index (χ0) is 21.9. The maximum Gasteiger partial charge on any atom is 0.460 e. The Hall–Kier alpha value is -0.180. The first-order valence-corrected chi connectivity index (χ1v) is 8.35. The van der Waals surface area contributed by atoms with E-state index >= 15 is 0 Å². The summed E-state index contributed by atoms with van der Waals surface area (Å²) in [6.07, 6.45) is -8.37. The summed E-state index contributed by atoms with van der Waals surface area (Å²) in [5.41, 5.74) is 0. The summed E-state index contributed by atoms with van der Waals surface area (Å²) < 4.78 is 169. The fourth-order valence-corrected chi connectivity index (χ4v) is 3.84. The zero-order valence-electron chi connectivity index (χ0n) is 13.2. The molecule has 0 aromatic carbocycles. The molecule has 1 aliphatic rings. The quantitative estimate of drug-likeness (QED) is 0.198. The Morgan fingerprint density at radius 1 is 0.667 bits per heavy atom. The van der Waals surface area contributed by atoms with Crippen LogP contribution in [-0.4, -0.2) is 39.2 Å². The van der Waals surface area contributed by atoms with Gasteiger partial charge in [-0.2, -0.15) is 57.1 Å². The second-order valence-electron chi connectivity index (χ2n) is 6.38. The lowest BCUT2D eigenvalue weighted by atomic mass is 9.73. The molecule has 1 fully saturated rings. The molecule has 27 heavy (non-hydrogen) atoms. The summed E-state index contributed by atoms with van der Waals surface area (Å²) in [7, 11) is 0. The molecule has 2 atom stereocenters. The minimum Gasteiger partial charge on any atom is -0.198 e. The van der Waals surface area contributed by atoms with Crippen LogP contribution in [0.25, 0.3) is 0 Å². The van der Waals surface area contributed by atoms with Gasteiger partial charge in [-0.3, -0.25) is 0 Å². The minimum atomic E-state index is -7.84. The molecule has 1 aliphatic carbocycles. The Balaban J connectivity index is 3.54. The summed E-state index contributed by atoms with van der Waals surface area (Å²) in [4.78, 5) is 0. The number of rotatable bonds is 5. The maximum absolute atomic E-state index is 14.3. The van der Waals surface area contributed by atoms with Gasteiger partial charge >= 0.3 is 35.8 Å². The summed E-state index contributed by atoms with van der Waals surface area (Å²) in [5.74, 6) is -37.9. The monoisotopic (exact) mass is 542 g/mol. The smallest absolute Gasteiger partial charge is 0.198 e. The van der Waals surface area contributed by atoms with E-state index in [4.69, 9.17) is 0 Å². The first kappa shape index (κ1) is 24.9. The van der Waals surface area contributed by atoms with E-state index in [-0.39, 0.29) is 19.3 Å². The molecular formula is C13H12F13I. The second kappa shape index (κ2) is 6.67. The van der Waals surface area contributed by atoms with Crippen LogP contribution in [0.5, 0.6) is 0 Å². The van der Waals surface area contributed by atoms with Crippen molar-refractivity contribution >= 4 is 22.6 Å². The predicted octanol–water partition coefficient (Wildman–Crippen LogP) is 7.11. The fourth-order valence-electron chi connectivity index (χ4n) is 2.80. The molecule has 14 heteroatoms. The second-order valence-corrected chi connectivity index (χ2v) is 8.30. The molecular weight excluding hydrogens is 530 g/mol. The van der Waals surface area contributed by atoms with Crippen molar-refractivity contribution in [2.24, 2.45) is 5.92 Å². The van der Waals surface area contributed by atoms with Crippen molar-refractivity contribution in [3.8, 4) is 0 Å². The molecule has 0 amide bonds. The standard InChI is InChI=1S/C13H12F13I/c1-6-4-2-3-5-7(6,27)8(14,15)9(16,17)10(18,19)11(20,21)12(22,23)13(24,25)26/h6H,2-5H2,1H3. The molecule has 1 saturated carbocycles. The zero-order valence-corrected chi connectivity index (χ0v) is 15.4. The van der Waals surface area contributed by atoms with Gasteiger partial charge in [-0.25, -0.2) is 0 Å². The molecule has 0 bridgehead atoms. The number of halogens is 14. The molecule has 0 aromatic heterocycles. The molecule has 0 heterocycles. The van der Waals surface area contributed by atoms with E-state index in [0.717, 1.165) is 6.92 Å². The SMILES string of the molecule is CC1CCCCC1(I)C(F)(F)C(F)(F)C(F)(F)C(F)(F)C(F)(F)C(F)(F)F. The predicted molar refractivity (Wildman–Crippen MR) is 75.2 cm³/mol. The fraction of sp³-hybridized carbons (Fsp3) is 1.00. The van der Waals surface area contributed by atoms with Crippen molar-refractivity contribution < 1.29 is 57.1 Å². The normalized spacial score (nSPS) is 27.0. The summed E-state index contributed by atoms with van der Waals surface area (Å²) >= 11 is 0.671. The molecule has 0 N–H and O–H groups in total. The van der Waals surface area contributed by atoms with E-state index in [2.05, 4.69) is 0 Å². The molecule has 162 valence electrons. The molecule has 0 nitrogen and oxygen atoms in total. The van der Waals surface area contributed by atoms with E-state index in [1.165, 1.54) is 0 Å². The topological polar surface area (TPSA) is 0 Å². The van der Waals surface area contributed by atoms with E-state index < -0.39 is 51.5 Å². The third-order valence-electron chi connectivity index (χ3n) is 4.66. The van der Waals surface area contributed by atoms with Gasteiger partial charge in [-0.05, 0) is 18.8 Å². The van der Waals surface area contributed by atoms with Gasteiger partial charge in [0.1, 0.15) is 0 Å². The van der Waals surface area contributed by atoms with Crippen LogP contribution in [-0.2, 0) is 0 Å².